The van der Waals surface area contributed by atoms with Gasteiger partial charge in [0.15, 0.2) is 0 Å². The van der Waals surface area contributed by atoms with Crippen LogP contribution in [0, 0.1) is 0 Å². The highest BCUT2D eigenvalue weighted by atomic mass is 35.5. The summed E-state index contributed by atoms with van der Waals surface area (Å²) in [6.07, 6.45) is 1.25. The smallest absolute Gasteiger partial charge is 0.232 e. The number of hydrogen-bond acceptors (Lipinski definition) is 6. The van der Waals surface area contributed by atoms with E-state index in [0.29, 0.717) is 42.1 Å². The Morgan fingerprint density at radius 2 is 2.03 bits per heavy atom. The van der Waals surface area contributed by atoms with Crippen molar-refractivity contribution >= 4 is 23.2 Å². The third kappa shape index (κ3) is 4.11. The summed E-state index contributed by atoms with van der Waals surface area (Å²) in [6, 6.07) is 12.8. The lowest BCUT2D eigenvalue weighted by atomic mass is 10.1. The minimum Gasteiger partial charge on any atom is -0.495 e. The summed E-state index contributed by atoms with van der Waals surface area (Å²) < 4.78 is 16.2. The lowest BCUT2D eigenvalue weighted by Gasteiger charge is -2.17. The second kappa shape index (κ2) is 8.75. The third-order valence-corrected chi connectivity index (χ3v) is 5.24. The first-order valence-corrected chi connectivity index (χ1v) is 10.2. The summed E-state index contributed by atoms with van der Waals surface area (Å²) in [4.78, 5) is 18.8. The van der Waals surface area contributed by atoms with E-state index < -0.39 is 0 Å². The molecule has 0 radical (unpaired) electrons. The van der Waals surface area contributed by atoms with Crippen molar-refractivity contribution < 1.29 is 18.8 Å². The minimum absolute atomic E-state index is 0.0154. The van der Waals surface area contributed by atoms with Gasteiger partial charge in [-0.2, -0.15) is 4.98 Å². The summed E-state index contributed by atoms with van der Waals surface area (Å²) in [5, 5.41) is 4.54. The molecule has 1 aliphatic heterocycles. The zero-order chi connectivity index (χ0) is 21.1. The number of carbonyl (C=O) groups excluding carboxylic acids is 1. The number of anilines is 1. The van der Waals surface area contributed by atoms with E-state index in [2.05, 4.69) is 17.1 Å². The molecule has 0 aliphatic carbocycles. The highest BCUT2D eigenvalue weighted by Crippen LogP contribution is 2.35. The molecule has 0 bridgehead atoms. The molecule has 0 N–H and O–H groups in total. The van der Waals surface area contributed by atoms with Gasteiger partial charge >= 0.3 is 0 Å². The normalized spacial score (nSPS) is 16.2. The average Bonchev–Trinajstić information content (AvgIpc) is 3.39. The van der Waals surface area contributed by atoms with E-state index in [0.717, 1.165) is 23.4 Å². The molecule has 4 rings (SSSR count). The Hall–Kier alpha value is -3.06. The first-order valence-electron chi connectivity index (χ1n) is 9.79. The molecule has 1 fully saturated rings. The third-order valence-electron chi connectivity index (χ3n) is 4.95. The number of amides is 1. The Bertz CT molecular complexity index is 1040. The van der Waals surface area contributed by atoms with Gasteiger partial charge in [0, 0.05) is 24.2 Å². The number of ether oxygens (including phenoxy) is 2. The van der Waals surface area contributed by atoms with Crippen LogP contribution in [-0.2, 0) is 4.79 Å². The highest BCUT2D eigenvalue weighted by Gasteiger charge is 2.35. The maximum atomic E-state index is 12.6. The predicted molar refractivity (Wildman–Crippen MR) is 113 cm³/mol. The number of aromatic nitrogens is 2. The van der Waals surface area contributed by atoms with Crippen molar-refractivity contribution in [3.63, 3.8) is 0 Å². The van der Waals surface area contributed by atoms with Crippen molar-refractivity contribution in [1.82, 2.24) is 10.1 Å². The van der Waals surface area contributed by atoms with Crippen LogP contribution in [0.1, 0.15) is 31.6 Å². The quantitative estimate of drug-likeness (QED) is 0.543. The van der Waals surface area contributed by atoms with Crippen LogP contribution >= 0.6 is 11.6 Å². The number of benzene rings is 2. The zero-order valence-electron chi connectivity index (χ0n) is 16.8. The molecule has 1 saturated heterocycles. The zero-order valence-corrected chi connectivity index (χ0v) is 17.6. The molecule has 1 atom stereocenters. The molecular formula is C22H22ClN3O4. The molecule has 0 spiro atoms. The van der Waals surface area contributed by atoms with Gasteiger partial charge in [-0.1, -0.05) is 23.7 Å². The van der Waals surface area contributed by atoms with E-state index in [4.69, 9.17) is 25.6 Å². The molecule has 1 amide bonds. The molecule has 156 valence electrons. The topological polar surface area (TPSA) is 77.7 Å². The Morgan fingerprint density at radius 1 is 1.23 bits per heavy atom. The second-order valence-corrected chi connectivity index (χ2v) is 7.46. The number of methoxy groups -OCH3 is 1. The summed E-state index contributed by atoms with van der Waals surface area (Å²) in [5.41, 5.74) is 1.55. The van der Waals surface area contributed by atoms with E-state index in [1.165, 1.54) is 0 Å². The molecule has 30 heavy (non-hydrogen) atoms. The molecule has 0 saturated carbocycles. The lowest BCUT2D eigenvalue weighted by molar-refractivity contribution is -0.117. The molecule has 1 aromatic heterocycles. The van der Waals surface area contributed by atoms with Crippen molar-refractivity contribution in [3.05, 3.63) is 53.4 Å². The first-order chi connectivity index (χ1) is 14.6. The fourth-order valence-corrected chi connectivity index (χ4v) is 3.64. The van der Waals surface area contributed by atoms with Crippen molar-refractivity contribution in [2.45, 2.75) is 25.7 Å². The van der Waals surface area contributed by atoms with Gasteiger partial charge in [-0.3, -0.25) is 4.79 Å². The van der Waals surface area contributed by atoms with Gasteiger partial charge in [0.2, 0.25) is 17.6 Å². The number of carbonyl (C=O) groups is 1. The van der Waals surface area contributed by atoms with Crippen LogP contribution in [-0.4, -0.2) is 36.3 Å². The predicted octanol–water partition coefficient (Wildman–Crippen LogP) is 4.71. The van der Waals surface area contributed by atoms with Gasteiger partial charge in [-0.25, -0.2) is 0 Å². The average molecular weight is 428 g/mol. The molecule has 1 aliphatic rings. The minimum atomic E-state index is -0.174. The van der Waals surface area contributed by atoms with Crippen LogP contribution in [0.4, 0.5) is 5.69 Å². The van der Waals surface area contributed by atoms with E-state index in [1.54, 1.807) is 24.1 Å². The second-order valence-electron chi connectivity index (χ2n) is 7.05. The first kappa shape index (κ1) is 20.2. The summed E-state index contributed by atoms with van der Waals surface area (Å²) in [5.74, 6) is 2.12. The Kier molecular flexibility index (Phi) is 5.90. The fraction of sp³-hybridized carbons (Fsp3) is 0.318. The monoisotopic (exact) mass is 427 g/mol. The largest absolute Gasteiger partial charge is 0.495 e. The summed E-state index contributed by atoms with van der Waals surface area (Å²) in [6.45, 7) is 3.19. The molecule has 7 nitrogen and oxygen atoms in total. The summed E-state index contributed by atoms with van der Waals surface area (Å²) in [7, 11) is 1.55. The fourth-order valence-electron chi connectivity index (χ4n) is 3.38. The van der Waals surface area contributed by atoms with Gasteiger partial charge < -0.3 is 18.9 Å². The van der Waals surface area contributed by atoms with E-state index in [9.17, 15) is 4.79 Å². The van der Waals surface area contributed by atoms with E-state index in [-0.39, 0.29) is 11.8 Å². The van der Waals surface area contributed by atoms with Gasteiger partial charge in [-0.05, 0) is 48.9 Å². The highest BCUT2D eigenvalue weighted by molar-refractivity contribution is 6.32. The number of nitrogens with zero attached hydrogens (tertiary/aromatic N) is 3. The van der Waals surface area contributed by atoms with Crippen molar-refractivity contribution in [2.75, 3.05) is 25.2 Å². The molecule has 2 aromatic carbocycles. The maximum Gasteiger partial charge on any atom is 0.232 e. The van der Waals surface area contributed by atoms with Crippen LogP contribution < -0.4 is 14.4 Å². The van der Waals surface area contributed by atoms with Gasteiger partial charge in [0.25, 0.3) is 0 Å². The summed E-state index contributed by atoms with van der Waals surface area (Å²) >= 11 is 6.21. The number of rotatable bonds is 7. The van der Waals surface area contributed by atoms with Gasteiger partial charge in [-0.15, -0.1) is 0 Å². The Balaban J connectivity index is 1.47. The van der Waals surface area contributed by atoms with Crippen molar-refractivity contribution in [3.8, 4) is 22.9 Å². The van der Waals surface area contributed by atoms with Crippen molar-refractivity contribution in [1.29, 1.82) is 0 Å². The molecular weight excluding hydrogens is 406 g/mol. The molecule has 3 aromatic rings. The Morgan fingerprint density at radius 3 is 2.73 bits per heavy atom. The van der Waals surface area contributed by atoms with E-state index in [1.807, 2.05) is 30.3 Å². The van der Waals surface area contributed by atoms with E-state index >= 15 is 0 Å². The maximum absolute atomic E-state index is 12.6. The molecule has 1 unspecified atom stereocenters. The molecule has 8 heteroatoms. The standard InChI is InChI=1S/C22H22ClN3O4/c1-3-10-29-17-7-4-14(5-8-17)21-24-22(30-25-21)15-11-20(27)26(13-15)16-6-9-19(28-2)18(23)12-16/h4-9,12,15H,3,10-11,13H2,1-2H3. The van der Waals surface area contributed by atoms with Crippen LogP contribution in [0.2, 0.25) is 5.02 Å². The molecule has 2 heterocycles. The Labute approximate surface area is 179 Å². The number of hydrogen-bond donors (Lipinski definition) is 0. The number of halogens is 1. The lowest BCUT2D eigenvalue weighted by Crippen LogP contribution is -2.24. The van der Waals surface area contributed by atoms with Crippen LogP contribution in [0.5, 0.6) is 11.5 Å². The van der Waals surface area contributed by atoms with Gasteiger partial charge in [0.1, 0.15) is 11.5 Å². The van der Waals surface area contributed by atoms with Crippen LogP contribution in [0.3, 0.4) is 0 Å². The SMILES string of the molecule is CCCOc1ccc(-c2noc(C3CC(=O)N(c4ccc(OC)c(Cl)c4)C3)n2)cc1. The van der Waals surface area contributed by atoms with Crippen LogP contribution in [0.15, 0.2) is 47.0 Å². The van der Waals surface area contributed by atoms with Crippen LogP contribution in [0.25, 0.3) is 11.4 Å². The van der Waals surface area contributed by atoms with Crippen molar-refractivity contribution in [2.24, 2.45) is 0 Å². The van der Waals surface area contributed by atoms with Gasteiger partial charge in [0.05, 0.1) is 24.7 Å².